The van der Waals surface area contributed by atoms with E-state index in [0.717, 1.165) is 12.1 Å². The molecule has 5 rings (SSSR count). The topological polar surface area (TPSA) is 3.24 Å². The molecular weight excluding hydrogens is 398 g/mol. The Balaban J connectivity index is 1.75. The van der Waals surface area contributed by atoms with Gasteiger partial charge in [0.25, 0.3) is 0 Å². The fourth-order valence-electron chi connectivity index (χ4n) is 4.31. The third-order valence-electron chi connectivity index (χ3n) is 6.02. The van der Waals surface area contributed by atoms with Gasteiger partial charge in [0.05, 0.1) is 5.69 Å². The molecule has 0 bridgehead atoms. The van der Waals surface area contributed by atoms with Gasteiger partial charge in [0.2, 0.25) is 0 Å². The van der Waals surface area contributed by atoms with Gasteiger partial charge in [-0.15, -0.1) is 0 Å². The minimum absolute atomic E-state index is 1.01. The van der Waals surface area contributed by atoms with Crippen LogP contribution in [0.2, 0.25) is 0 Å². The fourth-order valence-corrected chi connectivity index (χ4v) is 4.31. The van der Waals surface area contributed by atoms with E-state index in [4.69, 9.17) is 0 Å². The maximum Gasteiger partial charge on any atom is 0.0540 e. The molecule has 5 aromatic rings. The van der Waals surface area contributed by atoms with Gasteiger partial charge in [-0.1, -0.05) is 104 Å². The maximum absolute atomic E-state index is 2.37. The summed E-state index contributed by atoms with van der Waals surface area (Å²) in [6.07, 6.45) is 1.01. The molecule has 0 unspecified atom stereocenters. The number of para-hydroxylation sites is 1. The molecule has 0 saturated heterocycles. The minimum atomic E-state index is 1.01. The number of hydrogen-bond donors (Lipinski definition) is 0. The Morgan fingerprint density at radius 2 is 1.09 bits per heavy atom. The van der Waals surface area contributed by atoms with E-state index in [1.165, 1.54) is 39.2 Å². The van der Waals surface area contributed by atoms with Gasteiger partial charge in [-0.25, -0.2) is 0 Å². The van der Waals surface area contributed by atoms with Crippen molar-refractivity contribution < 1.29 is 0 Å². The number of anilines is 3. The molecule has 0 amide bonds. The fraction of sp³-hybridized carbons (Fsp3) is 0.0625. The molecule has 0 heterocycles. The Labute approximate surface area is 196 Å². The molecule has 0 aliphatic carbocycles. The van der Waals surface area contributed by atoms with Crippen LogP contribution < -0.4 is 4.90 Å². The van der Waals surface area contributed by atoms with Crippen molar-refractivity contribution in [2.24, 2.45) is 0 Å². The first-order valence-electron chi connectivity index (χ1n) is 11.5. The van der Waals surface area contributed by atoms with Gasteiger partial charge in [-0.3, -0.25) is 0 Å². The first-order chi connectivity index (χ1) is 16.3. The van der Waals surface area contributed by atoms with Crippen LogP contribution in [0.3, 0.4) is 0 Å². The molecule has 0 saturated carbocycles. The van der Waals surface area contributed by atoms with Crippen LogP contribution in [-0.2, 0) is 6.42 Å². The molecule has 0 radical (unpaired) electrons. The Kier molecular flexibility index (Phi) is 6.04. The maximum atomic E-state index is 2.37. The van der Waals surface area contributed by atoms with Gasteiger partial charge in [0.1, 0.15) is 0 Å². The standard InChI is InChI=1S/C32H27N/c1-2-25-13-12-20-30(23-25)33(29-18-10-5-11-19-29)32-22-21-28(26-14-6-3-7-15-26)24-31(32)27-16-8-4-9-17-27/h3-24H,2H2,1H3. The van der Waals surface area contributed by atoms with E-state index in [-0.39, 0.29) is 0 Å². The molecule has 0 fully saturated rings. The van der Waals surface area contributed by atoms with Crippen LogP contribution in [0.4, 0.5) is 17.1 Å². The van der Waals surface area contributed by atoms with Crippen LogP contribution in [0.25, 0.3) is 22.3 Å². The summed E-state index contributed by atoms with van der Waals surface area (Å²) in [4.78, 5) is 2.37. The summed E-state index contributed by atoms with van der Waals surface area (Å²) in [5.74, 6) is 0. The summed E-state index contributed by atoms with van der Waals surface area (Å²) >= 11 is 0. The van der Waals surface area contributed by atoms with Crippen LogP contribution >= 0.6 is 0 Å². The Hall–Kier alpha value is -4.10. The molecule has 33 heavy (non-hydrogen) atoms. The highest BCUT2D eigenvalue weighted by Crippen LogP contribution is 2.42. The van der Waals surface area contributed by atoms with Crippen LogP contribution in [0, 0.1) is 0 Å². The molecule has 1 heteroatoms. The number of aryl methyl sites for hydroxylation is 1. The first-order valence-corrected chi connectivity index (χ1v) is 11.5. The SMILES string of the molecule is CCc1cccc(N(c2ccccc2)c2ccc(-c3ccccc3)cc2-c2ccccc2)c1. The zero-order valence-corrected chi connectivity index (χ0v) is 18.9. The van der Waals surface area contributed by atoms with Crippen molar-refractivity contribution >= 4 is 17.1 Å². The third kappa shape index (κ3) is 4.44. The number of rotatable bonds is 6. The summed E-state index contributed by atoms with van der Waals surface area (Å²) in [5.41, 5.74) is 9.67. The summed E-state index contributed by atoms with van der Waals surface area (Å²) < 4.78 is 0. The van der Waals surface area contributed by atoms with E-state index in [1.807, 2.05) is 0 Å². The molecule has 0 spiro atoms. The molecule has 160 valence electrons. The third-order valence-corrected chi connectivity index (χ3v) is 6.02. The van der Waals surface area contributed by atoms with E-state index in [1.54, 1.807) is 0 Å². The average Bonchev–Trinajstić information content (AvgIpc) is 2.91. The van der Waals surface area contributed by atoms with Crippen molar-refractivity contribution in [1.29, 1.82) is 0 Å². The van der Waals surface area contributed by atoms with Gasteiger partial charge in [-0.05, 0) is 65.1 Å². The molecule has 5 aromatic carbocycles. The van der Waals surface area contributed by atoms with Crippen LogP contribution in [0.5, 0.6) is 0 Å². The second kappa shape index (κ2) is 9.58. The van der Waals surface area contributed by atoms with E-state index in [2.05, 4.69) is 145 Å². The molecule has 0 N–H and O–H groups in total. The van der Waals surface area contributed by atoms with E-state index < -0.39 is 0 Å². The van der Waals surface area contributed by atoms with Crippen molar-refractivity contribution in [2.45, 2.75) is 13.3 Å². The predicted molar refractivity (Wildman–Crippen MR) is 141 cm³/mol. The summed E-state index contributed by atoms with van der Waals surface area (Å²) in [6, 6.07) is 47.6. The molecule has 0 atom stereocenters. The van der Waals surface area contributed by atoms with Crippen molar-refractivity contribution in [1.82, 2.24) is 0 Å². The number of hydrogen-bond acceptors (Lipinski definition) is 1. The first kappa shape index (κ1) is 20.8. The normalized spacial score (nSPS) is 10.7. The highest BCUT2D eigenvalue weighted by molar-refractivity contribution is 5.90. The van der Waals surface area contributed by atoms with Crippen LogP contribution in [0.15, 0.2) is 133 Å². The van der Waals surface area contributed by atoms with Crippen LogP contribution in [0.1, 0.15) is 12.5 Å². The van der Waals surface area contributed by atoms with Crippen molar-refractivity contribution in [2.75, 3.05) is 4.90 Å². The van der Waals surface area contributed by atoms with Crippen molar-refractivity contribution in [3.63, 3.8) is 0 Å². The number of nitrogens with zero attached hydrogens (tertiary/aromatic N) is 1. The average molecular weight is 426 g/mol. The van der Waals surface area contributed by atoms with Gasteiger partial charge < -0.3 is 4.90 Å². The lowest BCUT2D eigenvalue weighted by Crippen LogP contribution is -2.11. The lowest BCUT2D eigenvalue weighted by Gasteiger charge is -2.28. The van der Waals surface area contributed by atoms with Crippen molar-refractivity contribution in [3.05, 3.63) is 139 Å². The highest BCUT2D eigenvalue weighted by atomic mass is 15.1. The highest BCUT2D eigenvalue weighted by Gasteiger charge is 2.18. The van der Waals surface area contributed by atoms with Gasteiger partial charge >= 0.3 is 0 Å². The molecule has 0 aliphatic heterocycles. The second-order valence-corrected chi connectivity index (χ2v) is 8.16. The van der Waals surface area contributed by atoms with E-state index in [9.17, 15) is 0 Å². The number of benzene rings is 5. The van der Waals surface area contributed by atoms with Gasteiger partial charge in [0, 0.05) is 16.9 Å². The smallest absolute Gasteiger partial charge is 0.0540 e. The Morgan fingerprint density at radius 1 is 0.485 bits per heavy atom. The minimum Gasteiger partial charge on any atom is -0.310 e. The second-order valence-electron chi connectivity index (χ2n) is 8.16. The Morgan fingerprint density at radius 3 is 1.76 bits per heavy atom. The van der Waals surface area contributed by atoms with Gasteiger partial charge in [0.15, 0.2) is 0 Å². The molecule has 0 aromatic heterocycles. The van der Waals surface area contributed by atoms with Crippen LogP contribution in [-0.4, -0.2) is 0 Å². The largest absolute Gasteiger partial charge is 0.310 e. The van der Waals surface area contributed by atoms with Crippen molar-refractivity contribution in [3.8, 4) is 22.3 Å². The van der Waals surface area contributed by atoms with E-state index in [0.29, 0.717) is 0 Å². The summed E-state index contributed by atoms with van der Waals surface area (Å²) in [5, 5.41) is 0. The molecular formula is C32H27N. The van der Waals surface area contributed by atoms with E-state index >= 15 is 0 Å². The van der Waals surface area contributed by atoms with Gasteiger partial charge in [-0.2, -0.15) is 0 Å². The summed E-state index contributed by atoms with van der Waals surface area (Å²) in [7, 11) is 0. The predicted octanol–water partition coefficient (Wildman–Crippen LogP) is 9.05. The zero-order valence-electron chi connectivity index (χ0n) is 18.9. The molecule has 0 aliphatic rings. The quantitative estimate of drug-likeness (QED) is 0.262. The summed E-state index contributed by atoms with van der Waals surface area (Å²) in [6.45, 7) is 2.20. The molecule has 1 nitrogen and oxygen atoms in total. The zero-order chi connectivity index (χ0) is 22.5. The monoisotopic (exact) mass is 425 g/mol. The Bertz CT molecular complexity index is 1330. The lowest BCUT2D eigenvalue weighted by molar-refractivity contribution is 1.13. The lowest BCUT2D eigenvalue weighted by atomic mass is 9.96.